The molecule has 5 aromatic rings. The highest BCUT2D eigenvalue weighted by molar-refractivity contribution is 8.00. The fraction of sp³-hybridized carbons (Fsp3) is 0.0588. The number of aromatic nitrogens is 1. The zero-order valence-electron chi connectivity index (χ0n) is 24.0. The number of halogens is 1. The van der Waals surface area contributed by atoms with Crippen LogP contribution in [0, 0.1) is 0 Å². The second kappa shape index (κ2) is 15.2. The first-order valence-corrected chi connectivity index (χ1v) is 15.9. The number of amides is 3. The van der Waals surface area contributed by atoms with Crippen LogP contribution in [-0.4, -0.2) is 35.6 Å². The SMILES string of the molecule is COc1cccc(/C=C(\NC(=O)c2ccccc2)C(=O)Nc2cccc(SCC(=O)Nc3nc(-c4ccccc4Cl)cs3)c2)c1. The molecule has 0 aliphatic carbocycles. The van der Waals surface area contributed by atoms with Crippen molar-refractivity contribution in [1.82, 2.24) is 10.3 Å². The topological polar surface area (TPSA) is 109 Å². The number of hydrogen-bond donors (Lipinski definition) is 3. The third-order valence-corrected chi connectivity index (χ3v) is 8.38. The van der Waals surface area contributed by atoms with Crippen LogP contribution in [0.3, 0.4) is 0 Å². The molecule has 0 bridgehead atoms. The van der Waals surface area contributed by atoms with E-state index in [9.17, 15) is 14.4 Å². The van der Waals surface area contributed by atoms with Crippen LogP contribution in [0.15, 0.2) is 119 Å². The van der Waals surface area contributed by atoms with Crippen LogP contribution >= 0.6 is 34.7 Å². The van der Waals surface area contributed by atoms with Gasteiger partial charge >= 0.3 is 0 Å². The molecule has 226 valence electrons. The highest BCUT2D eigenvalue weighted by Gasteiger charge is 2.16. The molecule has 3 amide bonds. The van der Waals surface area contributed by atoms with Crippen molar-refractivity contribution in [2.24, 2.45) is 0 Å². The van der Waals surface area contributed by atoms with Crippen LogP contribution in [0.25, 0.3) is 17.3 Å². The van der Waals surface area contributed by atoms with Crippen molar-refractivity contribution in [2.75, 3.05) is 23.5 Å². The van der Waals surface area contributed by atoms with E-state index in [2.05, 4.69) is 20.9 Å². The zero-order valence-corrected chi connectivity index (χ0v) is 26.3. The summed E-state index contributed by atoms with van der Waals surface area (Å²) in [6.07, 6.45) is 1.58. The predicted octanol–water partition coefficient (Wildman–Crippen LogP) is 7.61. The number of hydrogen-bond acceptors (Lipinski definition) is 7. The number of nitrogens with zero attached hydrogens (tertiary/aromatic N) is 1. The molecule has 1 aromatic heterocycles. The molecule has 0 saturated heterocycles. The Kier molecular flexibility index (Phi) is 10.7. The lowest BCUT2D eigenvalue weighted by molar-refractivity contribution is -0.114. The fourth-order valence-corrected chi connectivity index (χ4v) is 5.84. The maximum atomic E-state index is 13.4. The first kappa shape index (κ1) is 31.5. The lowest BCUT2D eigenvalue weighted by Gasteiger charge is -2.12. The third-order valence-electron chi connectivity index (χ3n) is 6.30. The Morgan fingerprint density at radius 3 is 2.49 bits per heavy atom. The van der Waals surface area contributed by atoms with Crippen molar-refractivity contribution in [3.05, 3.63) is 130 Å². The molecular formula is C34H27ClN4O4S2. The number of carbonyl (C=O) groups excluding carboxylic acids is 3. The molecule has 0 atom stereocenters. The molecule has 5 rings (SSSR count). The summed E-state index contributed by atoms with van der Waals surface area (Å²) in [6, 6.07) is 30.3. The van der Waals surface area contributed by atoms with Crippen molar-refractivity contribution < 1.29 is 19.1 Å². The summed E-state index contributed by atoms with van der Waals surface area (Å²) in [5.41, 5.74) is 3.12. The van der Waals surface area contributed by atoms with Gasteiger partial charge in [-0.25, -0.2) is 4.98 Å². The van der Waals surface area contributed by atoms with Crippen molar-refractivity contribution >= 4 is 69.3 Å². The standard InChI is InChI=1S/C34H27ClN4O4S2/c1-43-25-13-7-9-22(17-25)18-29(37-32(41)23-10-3-2-4-11-23)33(42)36-24-12-8-14-26(19-24)44-21-31(40)39-34-38-30(20-45-34)27-15-5-6-16-28(27)35/h2-20H,21H2,1H3,(H,36,42)(H,37,41)(H,38,39,40)/b29-18-. The quantitative estimate of drug-likeness (QED) is 0.0999. The maximum absolute atomic E-state index is 13.4. The summed E-state index contributed by atoms with van der Waals surface area (Å²) in [7, 11) is 1.56. The molecule has 0 saturated carbocycles. The number of thiazole rings is 1. The molecule has 8 nitrogen and oxygen atoms in total. The molecule has 0 radical (unpaired) electrons. The molecule has 0 fully saturated rings. The molecule has 0 unspecified atom stereocenters. The third kappa shape index (κ3) is 8.82. The highest BCUT2D eigenvalue weighted by atomic mass is 35.5. The van der Waals surface area contributed by atoms with E-state index >= 15 is 0 Å². The summed E-state index contributed by atoms with van der Waals surface area (Å²) >= 11 is 8.90. The molecule has 3 N–H and O–H groups in total. The largest absolute Gasteiger partial charge is 0.497 e. The van der Waals surface area contributed by atoms with E-state index in [1.807, 2.05) is 35.7 Å². The van der Waals surface area contributed by atoms with E-state index in [-0.39, 0.29) is 17.4 Å². The Hall–Kier alpha value is -4.90. The second-order valence-corrected chi connectivity index (χ2v) is 11.8. The second-order valence-electron chi connectivity index (χ2n) is 9.49. The van der Waals surface area contributed by atoms with Crippen LogP contribution < -0.4 is 20.7 Å². The Labute approximate surface area is 273 Å². The van der Waals surface area contributed by atoms with Crippen molar-refractivity contribution in [1.29, 1.82) is 0 Å². The van der Waals surface area contributed by atoms with E-state index in [1.54, 1.807) is 86.0 Å². The maximum Gasteiger partial charge on any atom is 0.272 e. The predicted molar refractivity (Wildman–Crippen MR) is 182 cm³/mol. The fourth-order valence-electron chi connectivity index (χ4n) is 4.13. The van der Waals surface area contributed by atoms with Gasteiger partial charge in [-0.1, -0.05) is 66.2 Å². The minimum Gasteiger partial charge on any atom is -0.497 e. The lowest BCUT2D eigenvalue weighted by Crippen LogP contribution is -2.30. The first-order chi connectivity index (χ1) is 21.9. The number of rotatable bonds is 11. The van der Waals surface area contributed by atoms with E-state index in [1.165, 1.54) is 23.1 Å². The summed E-state index contributed by atoms with van der Waals surface area (Å²) in [6.45, 7) is 0. The van der Waals surface area contributed by atoms with Gasteiger partial charge in [0, 0.05) is 32.1 Å². The van der Waals surface area contributed by atoms with Crippen LogP contribution in [0.5, 0.6) is 5.75 Å². The van der Waals surface area contributed by atoms with E-state index in [0.717, 1.165) is 10.5 Å². The zero-order chi connectivity index (χ0) is 31.6. The molecule has 4 aromatic carbocycles. The Morgan fingerprint density at radius 2 is 1.69 bits per heavy atom. The molecule has 0 aliphatic heterocycles. The molecule has 11 heteroatoms. The average Bonchev–Trinajstić information content (AvgIpc) is 3.52. The highest BCUT2D eigenvalue weighted by Crippen LogP contribution is 2.30. The van der Waals surface area contributed by atoms with Gasteiger partial charge in [0.15, 0.2) is 5.13 Å². The monoisotopic (exact) mass is 654 g/mol. The van der Waals surface area contributed by atoms with Crippen LogP contribution in [0.4, 0.5) is 10.8 Å². The van der Waals surface area contributed by atoms with Crippen LogP contribution in [-0.2, 0) is 9.59 Å². The lowest BCUT2D eigenvalue weighted by atomic mass is 10.1. The normalized spacial score (nSPS) is 11.0. The van der Waals surface area contributed by atoms with Gasteiger partial charge in [0.05, 0.1) is 18.6 Å². The number of benzene rings is 4. The van der Waals surface area contributed by atoms with E-state index in [4.69, 9.17) is 16.3 Å². The van der Waals surface area contributed by atoms with Gasteiger partial charge in [0.1, 0.15) is 11.4 Å². The van der Waals surface area contributed by atoms with Gasteiger partial charge in [-0.05, 0) is 60.2 Å². The number of ether oxygens (including phenoxy) is 1. The molecular weight excluding hydrogens is 628 g/mol. The van der Waals surface area contributed by atoms with Gasteiger partial charge in [-0.2, -0.15) is 0 Å². The van der Waals surface area contributed by atoms with Gasteiger partial charge < -0.3 is 20.7 Å². The Bertz CT molecular complexity index is 1860. The van der Waals surface area contributed by atoms with Gasteiger partial charge in [-0.15, -0.1) is 23.1 Å². The Balaban J connectivity index is 1.24. The average molecular weight is 655 g/mol. The van der Waals surface area contributed by atoms with Gasteiger partial charge in [0.2, 0.25) is 5.91 Å². The van der Waals surface area contributed by atoms with E-state index in [0.29, 0.717) is 38.4 Å². The van der Waals surface area contributed by atoms with Crippen LogP contribution in [0.1, 0.15) is 15.9 Å². The number of carbonyl (C=O) groups is 3. The first-order valence-electron chi connectivity index (χ1n) is 13.6. The number of methoxy groups -OCH3 is 1. The summed E-state index contributed by atoms with van der Waals surface area (Å²) in [5, 5.41) is 11.3. The smallest absolute Gasteiger partial charge is 0.272 e. The molecule has 1 heterocycles. The van der Waals surface area contributed by atoms with Crippen molar-refractivity contribution in [3.8, 4) is 17.0 Å². The molecule has 0 spiro atoms. The minimum atomic E-state index is -0.514. The summed E-state index contributed by atoms with van der Waals surface area (Å²) in [4.78, 5) is 44.3. The molecule has 45 heavy (non-hydrogen) atoms. The van der Waals surface area contributed by atoms with Crippen molar-refractivity contribution in [2.45, 2.75) is 4.90 Å². The molecule has 0 aliphatic rings. The Morgan fingerprint density at radius 1 is 0.911 bits per heavy atom. The number of nitrogens with one attached hydrogen (secondary N) is 3. The number of thioether (sulfide) groups is 1. The van der Waals surface area contributed by atoms with Crippen LogP contribution in [0.2, 0.25) is 5.02 Å². The van der Waals surface area contributed by atoms with Gasteiger partial charge in [0.25, 0.3) is 11.8 Å². The van der Waals surface area contributed by atoms with Gasteiger partial charge in [-0.3, -0.25) is 14.4 Å². The minimum absolute atomic E-state index is 0.0501. The van der Waals surface area contributed by atoms with Crippen molar-refractivity contribution in [3.63, 3.8) is 0 Å². The number of anilines is 2. The summed E-state index contributed by atoms with van der Waals surface area (Å²) < 4.78 is 5.30. The van der Waals surface area contributed by atoms with E-state index < -0.39 is 11.8 Å². The summed E-state index contributed by atoms with van der Waals surface area (Å²) in [5.74, 6) is -0.411.